The molecule has 0 aliphatic heterocycles. The fourth-order valence-corrected chi connectivity index (χ4v) is 3.98. The van der Waals surface area contributed by atoms with Crippen molar-refractivity contribution in [3.05, 3.63) is 81.4 Å². The third-order valence-electron chi connectivity index (χ3n) is 4.46. The van der Waals surface area contributed by atoms with Crippen molar-refractivity contribution >= 4 is 47.0 Å². The molecule has 0 fully saturated rings. The maximum atomic E-state index is 11.9. The Kier molecular flexibility index (Phi) is 6.55. The fourth-order valence-electron chi connectivity index (χ4n) is 2.99. The first-order valence-electron chi connectivity index (χ1n) is 9.27. The van der Waals surface area contributed by atoms with Crippen molar-refractivity contribution in [3.63, 3.8) is 0 Å². The molecule has 2 aromatic carbocycles. The highest BCUT2D eigenvalue weighted by molar-refractivity contribution is 8.04. The molecule has 2 N–H and O–H groups in total. The molecular weight excluding hydrogens is 471 g/mol. The Hall–Kier alpha value is -3.20. The lowest BCUT2D eigenvalue weighted by Crippen LogP contribution is -2.00. The van der Waals surface area contributed by atoms with Gasteiger partial charge in [-0.25, -0.2) is 9.78 Å². The van der Waals surface area contributed by atoms with E-state index in [0.29, 0.717) is 32.9 Å². The number of aliphatic carboxylic acids is 1. The number of carboxylic acids is 1. The highest BCUT2D eigenvalue weighted by atomic mass is 35.5. The summed E-state index contributed by atoms with van der Waals surface area (Å²) in [6.07, 6.45) is 3.41. The molecule has 4 rings (SSSR count). The zero-order valence-corrected chi connectivity index (χ0v) is 18.9. The molecule has 0 saturated heterocycles. The molecule has 0 saturated carbocycles. The number of aromatic amines is 1. The summed E-state index contributed by atoms with van der Waals surface area (Å²) in [4.78, 5) is 16.4. The highest BCUT2D eigenvalue weighted by Crippen LogP contribution is 2.33. The number of halogens is 2. The fraction of sp³-hybridized carbons (Fsp3) is 0.0455. The van der Waals surface area contributed by atoms with Gasteiger partial charge in [0.05, 0.1) is 12.7 Å². The van der Waals surface area contributed by atoms with Crippen LogP contribution in [0.15, 0.2) is 70.9 Å². The van der Waals surface area contributed by atoms with Crippen LogP contribution in [0.5, 0.6) is 5.75 Å². The van der Waals surface area contributed by atoms with Gasteiger partial charge in [-0.05, 0) is 72.4 Å². The standard InChI is InChI=1S/C22H16Cl2N4O3S/c1-31-18-9-6-14(24)11-17(18)20-25-22(27-26-20)32-19(21(29)30)12-16-3-2-10-28(16)15-7-4-13(23)5-8-15/h2-12H,1H3,(H,29,30)(H,25,26,27)/b19-12-. The van der Waals surface area contributed by atoms with Gasteiger partial charge in [0.25, 0.3) is 0 Å². The summed E-state index contributed by atoms with van der Waals surface area (Å²) in [6, 6.07) is 16.0. The zero-order valence-electron chi connectivity index (χ0n) is 16.6. The van der Waals surface area contributed by atoms with E-state index in [9.17, 15) is 9.90 Å². The number of benzene rings is 2. The molecule has 4 aromatic rings. The first-order chi connectivity index (χ1) is 15.4. The molecule has 162 valence electrons. The number of thioether (sulfide) groups is 1. The molecule has 0 aliphatic carbocycles. The number of carboxylic acid groups (broad SMARTS) is 1. The maximum absolute atomic E-state index is 11.9. The molecule has 7 nitrogen and oxygen atoms in total. The van der Waals surface area contributed by atoms with Crippen molar-refractivity contribution in [2.45, 2.75) is 5.16 Å². The van der Waals surface area contributed by atoms with Crippen molar-refractivity contribution in [1.29, 1.82) is 0 Å². The summed E-state index contributed by atoms with van der Waals surface area (Å²) in [5.74, 6) is -0.108. The number of nitrogens with one attached hydrogen (secondary N) is 1. The molecule has 0 unspecified atom stereocenters. The predicted octanol–water partition coefficient (Wildman–Crippen LogP) is 5.80. The van der Waals surface area contributed by atoms with Gasteiger partial charge in [0.2, 0.25) is 5.16 Å². The van der Waals surface area contributed by atoms with E-state index in [1.807, 2.05) is 35.0 Å². The highest BCUT2D eigenvalue weighted by Gasteiger charge is 2.17. The van der Waals surface area contributed by atoms with Gasteiger partial charge in [-0.15, -0.1) is 5.10 Å². The molecule has 0 bridgehead atoms. The number of nitrogens with zero attached hydrogens (tertiary/aromatic N) is 3. The second-order valence-corrected chi connectivity index (χ2v) is 8.39. The van der Waals surface area contributed by atoms with Crippen LogP contribution in [0.2, 0.25) is 10.0 Å². The van der Waals surface area contributed by atoms with Crippen LogP contribution >= 0.6 is 35.0 Å². The van der Waals surface area contributed by atoms with E-state index in [1.165, 1.54) is 0 Å². The molecule has 0 spiro atoms. The Balaban J connectivity index is 1.64. The quantitative estimate of drug-likeness (QED) is 0.253. The first kappa shape index (κ1) is 22.0. The van der Waals surface area contributed by atoms with Crippen LogP contribution in [0.4, 0.5) is 0 Å². The molecule has 32 heavy (non-hydrogen) atoms. The minimum absolute atomic E-state index is 0.0579. The number of H-pyrrole nitrogens is 1. The van der Waals surface area contributed by atoms with E-state index in [1.54, 1.807) is 43.5 Å². The molecule has 10 heteroatoms. The van der Waals surface area contributed by atoms with Gasteiger partial charge < -0.3 is 14.4 Å². The lowest BCUT2D eigenvalue weighted by atomic mass is 10.2. The Labute approximate surface area is 197 Å². The molecule has 2 aromatic heterocycles. The third kappa shape index (κ3) is 4.83. The molecule has 0 amide bonds. The van der Waals surface area contributed by atoms with E-state index >= 15 is 0 Å². The number of ether oxygens (including phenoxy) is 1. The lowest BCUT2D eigenvalue weighted by Gasteiger charge is -2.07. The summed E-state index contributed by atoms with van der Waals surface area (Å²) in [7, 11) is 1.54. The minimum atomic E-state index is -1.09. The number of hydrogen-bond acceptors (Lipinski definition) is 5. The van der Waals surface area contributed by atoms with Gasteiger partial charge in [-0.2, -0.15) is 0 Å². The monoisotopic (exact) mass is 486 g/mol. The number of carbonyl (C=O) groups is 1. The summed E-state index contributed by atoms with van der Waals surface area (Å²) >= 11 is 13.0. The number of hydrogen-bond donors (Lipinski definition) is 2. The van der Waals surface area contributed by atoms with Gasteiger partial charge in [0.15, 0.2) is 5.82 Å². The third-order valence-corrected chi connectivity index (χ3v) is 5.82. The van der Waals surface area contributed by atoms with Crippen LogP contribution in [0, 0.1) is 0 Å². The van der Waals surface area contributed by atoms with Crippen LogP contribution in [0.1, 0.15) is 5.69 Å². The molecule has 0 aliphatic rings. The van der Waals surface area contributed by atoms with Crippen molar-refractivity contribution in [2.24, 2.45) is 0 Å². The summed E-state index contributed by atoms with van der Waals surface area (Å²) < 4.78 is 7.21. The summed E-state index contributed by atoms with van der Waals surface area (Å²) in [5.41, 5.74) is 2.16. The molecule has 0 atom stereocenters. The molecule has 2 heterocycles. The Morgan fingerprint density at radius 1 is 1.16 bits per heavy atom. The first-order valence-corrected chi connectivity index (χ1v) is 10.8. The van der Waals surface area contributed by atoms with Crippen LogP contribution in [-0.2, 0) is 4.79 Å². The SMILES string of the molecule is COc1ccc(Cl)cc1-c1nc(S/C(=C\c2cccn2-c2ccc(Cl)cc2)C(=O)O)n[nH]1. The summed E-state index contributed by atoms with van der Waals surface area (Å²) in [5, 5.41) is 18.1. The van der Waals surface area contributed by atoms with Gasteiger partial charge in [-0.1, -0.05) is 23.2 Å². The van der Waals surface area contributed by atoms with Gasteiger partial charge >= 0.3 is 5.97 Å². The van der Waals surface area contributed by atoms with E-state index in [4.69, 9.17) is 27.9 Å². The van der Waals surface area contributed by atoms with Crippen molar-refractivity contribution in [2.75, 3.05) is 7.11 Å². The van der Waals surface area contributed by atoms with Crippen molar-refractivity contribution < 1.29 is 14.6 Å². The van der Waals surface area contributed by atoms with E-state index in [-0.39, 0.29) is 10.1 Å². The van der Waals surface area contributed by atoms with E-state index in [2.05, 4.69) is 15.2 Å². The average molecular weight is 487 g/mol. The smallest absolute Gasteiger partial charge is 0.342 e. The molecular formula is C22H16Cl2N4O3S. The number of rotatable bonds is 7. The summed E-state index contributed by atoms with van der Waals surface area (Å²) in [6.45, 7) is 0. The number of aromatic nitrogens is 4. The lowest BCUT2D eigenvalue weighted by molar-refractivity contribution is -0.131. The Bertz CT molecular complexity index is 1300. The largest absolute Gasteiger partial charge is 0.496 e. The second kappa shape index (κ2) is 9.52. The van der Waals surface area contributed by atoms with Gasteiger partial charge in [0, 0.05) is 27.6 Å². The zero-order chi connectivity index (χ0) is 22.7. The average Bonchev–Trinajstić information content (AvgIpc) is 3.43. The van der Waals surface area contributed by atoms with E-state index < -0.39 is 5.97 Å². The Morgan fingerprint density at radius 2 is 1.91 bits per heavy atom. The number of methoxy groups -OCH3 is 1. The van der Waals surface area contributed by atoms with Crippen molar-refractivity contribution in [3.8, 4) is 22.8 Å². The minimum Gasteiger partial charge on any atom is -0.496 e. The topological polar surface area (TPSA) is 93.0 Å². The van der Waals surface area contributed by atoms with Crippen molar-refractivity contribution in [1.82, 2.24) is 19.7 Å². The van der Waals surface area contributed by atoms with Crippen LogP contribution < -0.4 is 4.74 Å². The normalized spacial score (nSPS) is 11.5. The van der Waals surface area contributed by atoms with Crippen LogP contribution in [0.3, 0.4) is 0 Å². The second-order valence-electron chi connectivity index (χ2n) is 6.51. The Morgan fingerprint density at radius 3 is 2.62 bits per heavy atom. The molecule has 0 radical (unpaired) electrons. The van der Waals surface area contributed by atoms with Crippen LogP contribution in [0.25, 0.3) is 23.2 Å². The predicted molar refractivity (Wildman–Crippen MR) is 126 cm³/mol. The van der Waals surface area contributed by atoms with Gasteiger partial charge in [-0.3, -0.25) is 5.10 Å². The van der Waals surface area contributed by atoms with Gasteiger partial charge in [0.1, 0.15) is 10.7 Å². The van der Waals surface area contributed by atoms with Crippen LogP contribution in [-0.4, -0.2) is 37.9 Å². The maximum Gasteiger partial charge on any atom is 0.342 e. The van der Waals surface area contributed by atoms with E-state index in [0.717, 1.165) is 17.4 Å².